The number of hydrogen-bond donors (Lipinski definition) is 2. The standard InChI is InChI=1S/C13H18ClNOS/c1-9(2)5-6-16-13-4-3-10(7-11(13)14)12(15)8-17/h3-4,7-9,17H,5-6,15H2,1-2H3/b12-8-. The van der Waals surface area contributed by atoms with Gasteiger partial charge in [0, 0.05) is 5.70 Å². The smallest absolute Gasteiger partial charge is 0.137 e. The Bertz CT molecular complexity index is 404. The second kappa shape index (κ2) is 6.82. The molecule has 1 aromatic carbocycles. The van der Waals surface area contributed by atoms with Crippen LogP contribution in [0.3, 0.4) is 0 Å². The quantitative estimate of drug-likeness (QED) is 0.796. The third-order valence-corrected chi connectivity index (χ3v) is 2.93. The lowest BCUT2D eigenvalue weighted by Gasteiger charge is -2.10. The molecule has 0 saturated heterocycles. The molecular weight excluding hydrogens is 254 g/mol. The molecule has 0 fully saturated rings. The summed E-state index contributed by atoms with van der Waals surface area (Å²) >= 11 is 10.1. The lowest BCUT2D eigenvalue weighted by molar-refractivity contribution is 0.289. The maximum absolute atomic E-state index is 6.11. The first-order valence-corrected chi connectivity index (χ1v) is 6.46. The monoisotopic (exact) mass is 271 g/mol. The SMILES string of the molecule is CC(C)CCOc1ccc(/C(N)=C/S)cc1Cl. The number of halogens is 1. The molecule has 2 N–H and O–H groups in total. The first-order chi connectivity index (χ1) is 8.04. The Kier molecular flexibility index (Phi) is 5.72. The Morgan fingerprint density at radius 1 is 1.53 bits per heavy atom. The van der Waals surface area contributed by atoms with Crippen molar-refractivity contribution in [2.45, 2.75) is 20.3 Å². The van der Waals surface area contributed by atoms with Gasteiger partial charge in [-0.25, -0.2) is 0 Å². The number of thiol groups is 1. The van der Waals surface area contributed by atoms with Crippen molar-refractivity contribution in [1.29, 1.82) is 0 Å². The van der Waals surface area contributed by atoms with Gasteiger partial charge in [-0.05, 0) is 41.5 Å². The van der Waals surface area contributed by atoms with E-state index >= 15 is 0 Å². The van der Waals surface area contributed by atoms with E-state index in [-0.39, 0.29) is 0 Å². The zero-order valence-corrected chi connectivity index (χ0v) is 11.8. The number of nitrogens with two attached hydrogens (primary N) is 1. The minimum Gasteiger partial charge on any atom is -0.492 e. The molecular formula is C13H18ClNOS. The van der Waals surface area contributed by atoms with Crippen LogP contribution in [0.2, 0.25) is 5.02 Å². The maximum Gasteiger partial charge on any atom is 0.137 e. The highest BCUT2D eigenvalue weighted by Gasteiger charge is 2.05. The van der Waals surface area contributed by atoms with Crippen LogP contribution < -0.4 is 10.5 Å². The second-order valence-corrected chi connectivity index (χ2v) is 4.93. The molecule has 0 aromatic heterocycles. The van der Waals surface area contributed by atoms with Crippen molar-refractivity contribution in [3.05, 3.63) is 34.2 Å². The van der Waals surface area contributed by atoms with Gasteiger partial charge in [0.25, 0.3) is 0 Å². The van der Waals surface area contributed by atoms with E-state index in [1.807, 2.05) is 12.1 Å². The predicted molar refractivity (Wildman–Crippen MR) is 77.6 cm³/mol. The molecule has 0 aliphatic heterocycles. The normalized spacial score (nSPS) is 11.9. The molecule has 94 valence electrons. The van der Waals surface area contributed by atoms with Gasteiger partial charge in [0.2, 0.25) is 0 Å². The van der Waals surface area contributed by atoms with Crippen molar-refractivity contribution >= 4 is 29.9 Å². The third kappa shape index (κ3) is 4.52. The molecule has 0 saturated carbocycles. The Balaban J connectivity index is 2.70. The Morgan fingerprint density at radius 2 is 2.24 bits per heavy atom. The summed E-state index contributed by atoms with van der Waals surface area (Å²) in [5.74, 6) is 1.32. The largest absolute Gasteiger partial charge is 0.492 e. The Morgan fingerprint density at radius 3 is 2.76 bits per heavy atom. The van der Waals surface area contributed by atoms with Crippen LogP contribution in [0.25, 0.3) is 5.70 Å². The van der Waals surface area contributed by atoms with Crippen molar-refractivity contribution in [2.24, 2.45) is 11.7 Å². The second-order valence-electron chi connectivity index (χ2n) is 4.26. The fraction of sp³-hybridized carbons (Fsp3) is 0.385. The van der Waals surface area contributed by atoms with Crippen LogP contribution in [0.15, 0.2) is 23.6 Å². The molecule has 0 radical (unpaired) electrons. The van der Waals surface area contributed by atoms with Crippen molar-refractivity contribution < 1.29 is 4.74 Å². The molecule has 0 unspecified atom stereocenters. The van der Waals surface area contributed by atoms with Crippen LogP contribution in [0.4, 0.5) is 0 Å². The highest BCUT2D eigenvalue weighted by molar-refractivity contribution is 7.83. The van der Waals surface area contributed by atoms with Crippen LogP contribution in [-0.4, -0.2) is 6.61 Å². The molecule has 0 aliphatic carbocycles. The van der Waals surface area contributed by atoms with E-state index in [2.05, 4.69) is 26.5 Å². The fourth-order valence-corrected chi connectivity index (χ4v) is 1.66. The van der Waals surface area contributed by atoms with Crippen molar-refractivity contribution in [2.75, 3.05) is 6.61 Å². The van der Waals surface area contributed by atoms with E-state index in [1.54, 1.807) is 11.5 Å². The minimum absolute atomic E-state index is 0.574. The first-order valence-electron chi connectivity index (χ1n) is 5.57. The summed E-state index contributed by atoms with van der Waals surface area (Å²) in [5, 5.41) is 2.12. The number of rotatable bonds is 5. The van der Waals surface area contributed by atoms with Gasteiger partial charge >= 0.3 is 0 Å². The summed E-state index contributed by atoms with van der Waals surface area (Å²) in [6.45, 7) is 4.99. The third-order valence-electron chi connectivity index (χ3n) is 2.36. The van der Waals surface area contributed by atoms with E-state index in [0.717, 1.165) is 12.0 Å². The van der Waals surface area contributed by atoms with Crippen LogP contribution in [0.1, 0.15) is 25.8 Å². The van der Waals surface area contributed by atoms with E-state index in [0.29, 0.717) is 29.0 Å². The zero-order valence-electron chi connectivity index (χ0n) is 10.1. The Hall–Kier alpha value is -0.800. The molecule has 4 heteroatoms. The van der Waals surface area contributed by atoms with Crippen molar-refractivity contribution in [1.82, 2.24) is 0 Å². The maximum atomic E-state index is 6.11. The number of hydrogen-bond acceptors (Lipinski definition) is 3. The summed E-state index contributed by atoms with van der Waals surface area (Å²) < 4.78 is 5.60. The van der Waals surface area contributed by atoms with E-state index < -0.39 is 0 Å². The van der Waals surface area contributed by atoms with Gasteiger partial charge in [-0.15, -0.1) is 12.6 Å². The molecule has 17 heavy (non-hydrogen) atoms. The zero-order chi connectivity index (χ0) is 12.8. The van der Waals surface area contributed by atoms with E-state index in [4.69, 9.17) is 22.1 Å². The summed E-state index contributed by atoms with van der Waals surface area (Å²) in [5.41, 5.74) is 7.17. The lowest BCUT2D eigenvalue weighted by Crippen LogP contribution is -2.02. The average molecular weight is 272 g/mol. The summed E-state index contributed by atoms with van der Waals surface area (Å²) in [7, 11) is 0. The molecule has 0 aliphatic rings. The average Bonchev–Trinajstić information content (AvgIpc) is 2.29. The van der Waals surface area contributed by atoms with E-state index in [9.17, 15) is 0 Å². The highest BCUT2D eigenvalue weighted by Crippen LogP contribution is 2.27. The molecule has 1 aromatic rings. The van der Waals surface area contributed by atoms with Crippen LogP contribution in [0, 0.1) is 5.92 Å². The summed E-state index contributed by atoms with van der Waals surface area (Å²) in [4.78, 5) is 0. The van der Waals surface area contributed by atoms with Crippen molar-refractivity contribution in [3.8, 4) is 5.75 Å². The predicted octanol–water partition coefficient (Wildman–Crippen LogP) is 3.95. The van der Waals surface area contributed by atoms with Gasteiger partial charge in [0.15, 0.2) is 0 Å². The van der Waals surface area contributed by atoms with Gasteiger partial charge in [-0.1, -0.05) is 25.4 Å². The topological polar surface area (TPSA) is 35.2 Å². The number of benzene rings is 1. The summed E-state index contributed by atoms with van der Waals surface area (Å²) in [6.07, 6.45) is 1.01. The highest BCUT2D eigenvalue weighted by atomic mass is 35.5. The fourth-order valence-electron chi connectivity index (χ4n) is 1.28. The van der Waals surface area contributed by atoms with Crippen LogP contribution in [0.5, 0.6) is 5.75 Å². The molecule has 0 heterocycles. The Labute approximate surface area is 113 Å². The molecule has 0 bridgehead atoms. The van der Waals surface area contributed by atoms with E-state index in [1.165, 1.54) is 0 Å². The van der Waals surface area contributed by atoms with Crippen molar-refractivity contribution in [3.63, 3.8) is 0 Å². The van der Waals surface area contributed by atoms with Gasteiger partial charge < -0.3 is 10.5 Å². The molecule has 2 nitrogen and oxygen atoms in total. The number of ether oxygens (including phenoxy) is 1. The molecule has 0 atom stereocenters. The van der Waals surface area contributed by atoms with Crippen LogP contribution in [-0.2, 0) is 0 Å². The van der Waals surface area contributed by atoms with Gasteiger partial charge in [-0.2, -0.15) is 0 Å². The van der Waals surface area contributed by atoms with Gasteiger partial charge in [-0.3, -0.25) is 0 Å². The summed E-state index contributed by atoms with van der Waals surface area (Å²) in [6, 6.07) is 5.50. The first kappa shape index (κ1) is 14.3. The van der Waals surface area contributed by atoms with Crippen LogP contribution >= 0.6 is 24.2 Å². The molecule has 0 amide bonds. The minimum atomic E-state index is 0.574. The van der Waals surface area contributed by atoms with Gasteiger partial charge in [0.1, 0.15) is 5.75 Å². The molecule has 1 rings (SSSR count). The van der Waals surface area contributed by atoms with Gasteiger partial charge in [0.05, 0.1) is 11.6 Å². The molecule has 0 spiro atoms. The lowest BCUT2D eigenvalue weighted by atomic mass is 10.1.